The van der Waals surface area contributed by atoms with Crippen molar-refractivity contribution in [1.29, 1.82) is 0 Å². The van der Waals surface area contributed by atoms with Crippen molar-refractivity contribution in [2.45, 2.75) is 18.9 Å². The first-order valence-electron chi connectivity index (χ1n) is 5.65. The van der Waals surface area contributed by atoms with Crippen LogP contribution in [0.2, 0.25) is 0 Å². The van der Waals surface area contributed by atoms with Crippen LogP contribution >= 0.6 is 0 Å². The van der Waals surface area contributed by atoms with E-state index in [2.05, 4.69) is 0 Å². The van der Waals surface area contributed by atoms with E-state index in [9.17, 15) is 9.90 Å². The van der Waals surface area contributed by atoms with Crippen LogP contribution in [0.5, 0.6) is 0 Å². The minimum Gasteiger partial charge on any atom is -0.389 e. The fraction of sp³-hybridized carbons (Fsp3) is 0.909. The number of nitrogens with zero attached hydrogens (tertiary/aromatic N) is 1. The average molecular weight is 231 g/mol. The molecule has 1 saturated heterocycles. The molecule has 0 aliphatic carbocycles. The molecule has 0 aromatic heterocycles. The Morgan fingerprint density at radius 2 is 2.44 bits per heavy atom. The molecule has 1 heterocycles. The molecule has 1 rings (SSSR count). The Bertz CT molecular complexity index is 216. The largest absolute Gasteiger partial charge is 0.389 e. The maximum atomic E-state index is 11.9. The van der Waals surface area contributed by atoms with Crippen LogP contribution in [0, 0.1) is 5.92 Å². The van der Waals surface area contributed by atoms with Gasteiger partial charge in [-0.3, -0.25) is 4.79 Å². The van der Waals surface area contributed by atoms with Crippen LogP contribution in [0.3, 0.4) is 0 Å². The third-order valence-electron chi connectivity index (χ3n) is 2.73. The number of carbonyl (C=O) groups is 1. The molecule has 0 bridgehead atoms. The average Bonchev–Trinajstić information content (AvgIpc) is 2.29. The van der Waals surface area contributed by atoms with E-state index in [1.807, 2.05) is 0 Å². The lowest BCUT2D eigenvalue weighted by Crippen LogP contribution is -2.41. The second-order valence-corrected chi connectivity index (χ2v) is 4.24. The summed E-state index contributed by atoms with van der Waals surface area (Å²) >= 11 is 0. The lowest BCUT2D eigenvalue weighted by atomic mass is 10.0. The smallest absolute Gasteiger partial charge is 0.227 e. The molecule has 1 aliphatic rings. The fourth-order valence-electron chi connectivity index (χ4n) is 1.90. The van der Waals surface area contributed by atoms with E-state index in [4.69, 9.17) is 9.47 Å². The highest BCUT2D eigenvalue weighted by Crippen LogP contribution is 2.15. The molecule has 1 aliphatic heterocycles. The van der Waals surface area contributed by atoms with Crippen molar-refractivity contribution in [3.63, 3.8) is 0 Å². The van der Waals surface area contributed by atoms with Crippen LogP contribution in [0.4, 0.5) is 0 Å². The second kappa shape index (κ2) is 6.83. The quantitative estimate of drug-likeness (QED) is 0.716. The molecule has 5 heteroatoms. The van der Waals surface area contributed by atoms with Gasteiger partial charge in [-0.15, -0.1) is 0 Å². The van der Waals surface area contributed by atoms with E-state index in [1.54, 1.807) is 11.9 Å². The van der Waals surface area contributed by atoms with Crippen LogP contribution in [-0.4, -0.2) is 62.5 Å². The normalized spacial score (nSPS) is 22.8. The Kier molecular flexibility index (Phi) is 5.73. The van der Waals surface area contributed by atoms with Crippen LogP contribution in [-0.2, 0) is 14.3 Å². The number of methoxy groups -OCH3 is 1. The second-order valence-electron chi connectivity index (χ2n) is 4.24. The van der Waals surface area contributed by atoms with Gasteiger partial charge in [-0.25, -0.2) is 0 Å². The summed E-state index contributed by atoms with van der Waals surface area (Å²) < 4.78 is 10.1. The molecule has 0 aromatic rings. The van der Waals surface area contributed by atoms with Gasteiger partial charge in [-0.2, -0.15) is 0 Å². The van der Waals surface area contributed by atoms with Gasteiger partial charge in [0, 0.05) is 27.3 Å². The first-order chi connectivity index (χ1) is 7.65. The Morgan fingerprint density at radius 1 is 1.69 bits per heavy atom. The molecule has 0 radical (unpaired) electrons. The highest BCUT2D eigenvalue weighted by molar-refractivity contribution is 5.78. The van der Waals surface area contributed by atoms with E-state index in [0.29, 0.717) is 13.2 Å². The van der Waals surface area contributed by atoms with Crippen LogP contribution in [0.25, 0.3) is 0 Å². The Labute approximate surface area is 96.3 Å². The zero-order valence-electron chi connectivity index (χ0n) is 10.0. The molecular weight excluding hydrogens is 210 g/mol. The number of amides is 1. The molecule has 1 fully saturated rings. The molecule has 0 aromatic carbocycles. The predicted molar refractivity (Wildman–Crippen MR) is 59.1 cm³/mol. The third-order valence-corrected chi connectivity index (χ3v) is 2.73. The first-order valence-corrected chi connectivity index (χ1v) is 5.65. The van der Waals surface area contributed by atoms with Crippen molar-refractivity contribution in [1.82, 2.24) is 4.90 Å². The number of hydrogen-bond acceptors (Lipinski definition) is 4. The molecule has 1 amide bonds. The van der Waals surface area contributed by atoms with Gasteiger partial charge >= 0.3 is 0 Å². The topological polar surface area (TPSA) is 59.0 Å². The number of hydrogen-bond donors (Lipinski definition) is 1. The van der Waals surface area contributed by atoms with E-state index < -0.39 is 6.10 Å². The molecular formula is C11H21NO4. The van der Waals surface area contributed by atoms with Crippen LogP contribution < -0.4 is 0 Å². The standard InChI is InChI=1S/C11H21NO4/c1-12(6-10(13)8-15-2)11(14)9-4-3-5-16-7-9/h9-10,13H,3-8H2,1-2H3. The molecule has 0 saturated carbocycles. The van der Waals surface area contributed by atoms with Gasteiger partial charge in [-0.05, 0) is 12.8 Å². The lowest BCUT2D eigenvalue weighted by Gasteiger charge is -2.27. The molecule has 2 unspecified atom stereocenters. The number of aliphatic hydroxyl groups excluding tert-OH is 1. The zero-order chi connectivity index (χ0) is 12.0. The Morgan fingerprint density at radius 3 is 3.00 bits per heavy atom. The fourth-order valence-corrected chi connectivity index (χ4v) is 1.90. The van der Waals surface area contributed by atoms with Gasteiger partial charge < -0.3 is 19.5 Å². The molecule has 0 spiro atoms. The van der Waals surface area contributed by atoms with E-state index >= 15 is 0 Å². The molecule has 94 valence electrons. The monoisotopic (exact) mass is 231 g/mol. The summed E-state index contributed by atoms with van der Waals surface area (Å²) in [5, 5.41) is 9.52. The van der Waals surface area contributed by atoms with Crippen LogP contribution in [0.1, 0.15) is 12.8 Å². The van der Waals surface area contributed by atoms with Gasteiger partial charge in [0.05, 0.1) is 25.2 Å². The van der Waals surface area contributed by atoms with Crippen molar-refractivity contribution >= 4 is 5.91 Å². The number of carbonyl (C=O) groups excluding carboxylic acids is 1. The van der Waals surface area contributed by atoms with Gasteiger partial charge in [0.15, 0.2) is 0 Å². The first kappa shape index (κ1) is 13.4. The molecule has 16 heavy (non-hydrogen) atoms. The van der Waals surface area contributed by atoms with Gasteiger partial charge in [0.2, 0.25) is 5.91 Å². The molecule has 5 nitrogen and oxygen atoms in total. The summed E-state index contributed by atoms with van der Waals surface area (Å²) in [5.74, 6) is 0.00310. The van der Waals surface area contributed by atoms with Crippen LogP contribution in [0.15, 0.2) is 0 Å². The Balaban J connectivity index is 2.34. The number of ether oxygens (including phenoxy) is 2. The number of aliphatic hydroxyl groups is 1. The molecule has 2 atom stereocenters. The van der Waals surface area contributed by atoms with Crippen molar-refractivity contribution < 1.29 is 19.4 Å². The van der Waals surface area contributed by atoms with Gasteiger partial charge in [0.1, 0.15) is 0 Å². The van der Waals surface area contributed by atoms with Gasteiger partial charge in [-0.1, -0.05) is 0 Å². The number of rotatable bonds is 5. The number of likely N-dealkylation sites (N-methyl/N-ethyl adjacent to an activating group) is 1. The minimum atomic E-state index is -0.622. The summed E-state index contributed by atoms with van der Waals surface area (Å²) in [6.45, 7) is 1.81. The van der Waals surface area contributed by atoms with Crippen molar-refractivity contribution in [3.05, 3.63) is 0 Å². The summed E-state index contributed by atoms with van der Waals surface area (Å²) in [6, 6.07) is 0. The predicted octanol–water partition coefficient (Wildman–Crippen LogP) is -0.121. The van der Waals surface area contributed by atoms with E-state index in [-0.39, 0.29) is 18.4 Å². The van der Waals surface area contributed by atoms with Crippen molar-refractivity contribution in [2.75, 3.05) is 40.5 Å². The van der Waals surface area contributed by atoms with Crippen molar-refractivity contribution in [2.24, 2.45) is 5.92 Å². The van der Waals surface area contributed by atoms with Crippen molar-refractivity contribution in [3.8, 4) is 0 Å². The lowest BCUT2D eigenvalue weighted by molar-refractivity contribution is -0.140. The third kappa shape index (κ3) is 4.08. The minimum absolute atomic E-state index is 0.0477. The molecule has 1 N–H and O–H groups in total. The summed E-state index contributed by atoms with van der Waals surface area (Å²) in [6.07, 6.45) is 1.19. The maximum Gasteiger partial charge on any atom is 0.227 e. The summed E-state index contributed by atoms with van der Waals surface area (Å²) in [5.41, 5.74) is 0. The Hall–Kier alpha value is -0.650. The summed E-state index contributed by atoms with van der Waals surface area (Å²) in [4.78, 5) is 13.5. The maximum absolute atomic E-state index is 11.9. The summed E-state index contributed by atoms with van der Waals surface area (Å²) in [7, 11) is 3.23. The van der Waals surface area contributed by atoms with E-state index in [1.165, 1.54) is 7.11 Å². The zero-order valence-corrected chi connectivity index (χ0v) is 10.0. The highest BCUT2D eigenvalue weighted by atomic mass is 16.5. The highest BCUT2D eigenvalue weighted by Gasteiger charge is 2.25. The van der Waals surface area contributed by atoms with E-state index in [0.717, 1.165) is 19.4 Å². The SMILES string of the molecule is COCC(O)CN(C)C(=O)C1CCCOC1. The van der Waals surface area contributed by atoms with Gasteiger partial charge in [0.25, 0.3) is 0 Å².